The summed E-state index contributed by atoms with van der Waals surface area (Å²) in [4.78, 5) is 13.8. The average molecular weight is 345 g/mol. The van der Waals surface area contributed by atoms with Gasteiger partial charge < -0.3 is 10.6 Å². The first kappa shape index (κ1) is 17.4. The molecule has 124 valence electrons. The summed E-state index contributed by atoms with van der Waals surface area (Å²) in [6.45, 7) is 5.77. The van der Waals surface area contributed by atoms with Gasteiger partial charge in [-0.3, -0.25) is 4.79 Å². The van der Waals surface area contributed by atoms with Crippen LogP contribution >= 0.6 is 11.3 Å². The molecule has 1 aliphatic rings. The summed E-state index contributed by atoms with van der Waals surface area (Å²) in [6, 6.07) is 1.32. The van der Waals surface area contributed by atoms with Gasteiger partial charge in [-0.25, -0.2) is 13.1 Å². The Morgan fingerprint density at radius 2 is 2.14 bits per heavy atom. The highest BCUT2D eigenvalue weighted by Gasteiger charge is 2.18. The highest BCUT2D eigenvalue weighted by molar-refractivity contribution is 7.89. The Labute approximate surface area is 135 Å². The molecule has 1 amide bonds. The van der Waals surface area contributed by atoms with Crippen LogP contribution in [0.3, 0.4) is 0 Å². The topological polar surface area (TPSA) is 92.5 Å². The minimum absolute atomic E-state index is 0.109. The highest BCUT2D eigenvalue weighted by Crippen LogP contribution is 2.19. The number of amides is 1. The third-order valence-corrected chi connectivity index (χ3v) is 6.48. The van der Waals surface area contributed by atoms with E-state index >= 15 is 0 Å². The van der Waals surface area contributed by atoms with Crippen LogP contribution in [0.1, 0.15) is 35.9 Å². The molecule has 0 aromatic carbocycles. The molecule has 0 aliphatic carbocycles. The lowest BCUT2D eigenvalue weighted by Crippen LogP contribution is -2.35. The molecule has 22 heavy (non-hydrogen) atoms. The van der Waals surface area contributed by atoms with Crippen molar-refractivity contribution in [2.24, 2.45) is 11.7 Å². The molecule has 0 atom stereocenters. The maximum atomic E-state index is 12.1. The Morgan fingerprint density at radius 3 is 2.73 bits per heavy atom. The van der Waals surface area contributed by atoms with Gasteiger partial charge in [0.15, 0.2) is 0 Å². The van der Waals surface area contributed by atoms with Gasteiger partial charge in [0.05, 0.1) is 9.77 Å². The number of nitrogens with two attached hydrogens (primary N) is 1. The molecular formula is C14H23N3O3S2. The van der Waals surface area contributed by atoms with Crippen molar-refractivity contribution in [2.75, 3.05) is 26.2 Å². The van der Waals surface area contributed by atoms with Crippen molar-refractivity contribution < 1.29 is 13.2 Å². The molecule has 8 heteroatoms. The van der Waals surface area contributed by atoms with E-state index in [0.29, 0.717) is 6.54 Å². The molecule has 0 unspecified atom stereocenters. The van der Waals surface area contributed by atoms with E-state index in [1.54, 1.807) is 0 Å². The zero-order valence-corrected chi connectivity index (χ0v) is 14.4. The van der Waals surface area contributed by atoms with Crippen LogP contribution in [0.25, 0.3) is 0 Å². The molecule has 2 heterocycles. The number of hydrogen-bond acceptors (Lipinski definition) is 5. The zero-order valence-electron chi connectivity index (χ0n) is 12.7. The molecule has 1 saturated heterocycles. The third-order valence-electron chi connectivity index (χ3n) is 3.95. The average Bonchev–Trinajstić information content (AvgIpc) is 2.96. The van der Waals surface area contributed by atoms with E-state index in [9.17, 15) is 13.2 Å². The standard InChI is InChI=1S/C14H23N3O3S2/c1-11-3-7-17(8-4-11)6-2-5-16-22(19,20)12-9-13(14(15)18)21-10-12/h9-11,16H,2-8H2,1H3,(H2,15,18). The molecule has 0 saturated carbocycles. The van der Waals surface area contributed by atoms with E-state index in [2.05, 4.69) is 16.5 Å². The van der Waals surface area contributed by atoms with Crippen molar-refractivity contribution in [1.82, 2.24) is 9.62 Å². The van der Waals surface area contributed by atoms with Crippen molar-refractivity contribution in [2.45, 2.75) is 31.1 Å². The van der Waals surface area contributed by atoms with Gasteiger partial charge in [-0.05, 0) is 50.9 Å². The van der Waals surface area contributed by atoms with E-state index in [1.165, 1.54) is 24.3 Å². The Morgan fingerprint density at radius 1 is 1.45 bits per heavy atom. The van der Waals surface area contributed by atoms with Gasteiger partial charge in [0.2, 0.25) is 10.0 Å². The SMILES string of the molecule is CC1CCN(CCCNS(=O)(=O)c2csc(C(N)=O)c2)CC1. The van der Waals surface area contributed by atoms with E-state index < -0.39 is 15.9 Å². The number of sulfonamides is 1. The fraction of sp³-hybridized carbons (Fsp3) is 0.643. The maximum absolute atomic E-state index is 12.1. The Bertz CT molecular complexity index is 605. The molecule has 1 aromatic heterocycles. The normalized spacial score (nSPS) is 17.7. The van der Waals surface area contributed by atoms with Crippen molar-refractivity contribution in [3.05, 3.63) is 16.3 Å². The van der Waals surface area contributed by atoms with E-state index in [-0.39, 0.29) is 9.77 Å². The summed E-state index contributed by atoms with van der Waals surface area (Å²) in [5, 5.41) is 1.44. The zero-order chi connectivity index (χ0) is 16.2. The van der Waals surface area contributed by atoms with Gasteiger partial charge in [-0.2, -0.15) is 0 Å². The molecule has 0 radical (unpaired) electrons. The first-order valence-corrected chi connectivity index (χ1v) is 9.85. The fourth-order valence-electron chi connectivity index (χ4n) is 2.47. The van der Waals surface area contributed by atoms with Crippen LogP contribution in [0, 0.1) is 5.92 Å². The third kappa shape index (κ3) is 4.77. The number of carbonyl (C=O) groups is 1. The molecular weight excluding hydrogens is 322 g/mol. The molecule has 3 N–H and O–H groups in total. The van der Waals surface area contributed by atoms with Gasteiger partial charge in [0, 0.05) is 11.9 Å². The monoisotopic (exact) mass is 345 g/mol. The summed E-state index contributed by atoms with van der Waals surface area (Å²) in [7, 11) is -3.55. The van der Waals surface area contributed by atoms with Gasteiger partial charge in [0.25, 0.3) is 5.91 Å². The van der Waals surface area contributed by atoms with Gasteiger partial charge >= 0.3 is 0 Å². The molecule has 1 aliphatic heterocycles. The predicted molar refractivity (Wildman–Crippen MR) is 87.5 cm³/mol. The fourth-order valence-corrected chi connectivity index (χ4v) is 4.67. The minimum atomic E-state index is -3.55. The number of thiophene rings is 1. The van der Waals surface area contributed by atoms with Crippen molar-refractivity contribution in [3.8, 4) is 0 Å². The van der Waals surface area contributed by atoms with Crippen LogP contribution < -0.4 is 10.5 Å². The van der Waals surface area contributed by atoms with Gasteiger partial charge in [-0.15, -0.1) is 11.3 Å². The van der Waals surface area contributed by atoms with E-state index in [4.69, 9.17) is 5.73 Å². The number of nitrogens with one attached hydrogen (secondary N) is 1. The van der Waals surface area contributed by atoms with Gasteiger partial charge in [-0.1, -0.05) is 6.92 Å². The number of hydrogen-bond donors (Lipinski definition) is 2. The Hall–Kier alpha value is -0.960. The van der Waals surface area contributed by atoms with E-state index in [1.807, 2.05) is 0 Å². The second kappa shape index (κ2) is 7.54. The lowest BCUT2D eigenvalue weighted by molar-refractivity contribution is 0.100. The number of piperidine rings is 1. The largest absolute Gasteiger partial charge is 0.365 e. The number of carbonyl (C=O) groups excluding carboxylic acids is 1. The Kier molecular flexibility index (Phi) is 5.96. The first-order valence-electron chi connectivity index (χ1n) is 7.49. The summed E-state index contributed by atoms with van der Waals surface area (Å²) in [6.07, 6.45) is 3.22. The van der Waals surface area contributed by atoms with Crippen LogP contribution in [-0.2, 0) is 10.0 Å². The summed E-state index contributed by atoms with van der Waals surface area (Å²) < 4.78 is 26.8. The number of nitrogens with zero attached hydrogens (tertiary/aromatic N) is 1. The first-order chi connectivity index (χ1) is 10.4. The van der Waals surface area contributed by atoms with Gasteiger partial charge in [0.1, 0.15) is 0 Å². The lowest BCUT2D eigenvalue weighted by Gasteiger charge is -2.30. The lowest BCUT2D eigenvalue weighted by atomic mass is 9.99. The highest BCUT2D eigenvalue weighted by atomic mass is 32.2. The number of likely N-dealkylation sites (tertiary alicyclic amines) is 1. The van der Waals surface area contributed by atoms with Crippen LogP contribution in [0.2, 0.25) is 0 Å². The molecule has 0 spiro atoms. The van der Waals surface area contributed by atoms with Crippen LogP contribution in [0.5, 0.6) is 0 Å². The predicted octanol–water partition coefficient (Wildman–Crippen LogP) is 1.25. The molecule has 0 bridgehead atoms. The molecule has 1 fully saturated rings. The van der Waals surface area contributed by atoms with Crippen LogP contribution in [0.15, 0.2) is 16.3 Å². The number of rotatable bonds is 7. The van der Waals surface area contributed by atoms with E-state index in [0.717, 1.165) is 43.3 Å². The van der Waals surface area contributed by atoms with Crippen molar-refractivity contribution in [3.63, 3.8) is 0 Å². The minimum Gasteiger partial charge on any atom is -0.365 e. The number of primary amides is 1. The maximum Gasteiger partial charge on any atom is 0.258 e. The van der Waals surface area contributed by atoms with Crippen molar-refractivity contribution >= 4 is 27.3 Å². The smallest absolute Gasteiger partial charge is 0.258 e. The second-order valence-electron chi connectivity index (χ2n) is 5.79. The summed E-state index contributed by atoms with van der Waals surface area (Å²) in [5.74, 6) is 0.193. The molecule has 2 rings (SSSR count). The van der Waals surface area contributed by atoms with Crippen molar-refractivity contribution in [1.29, 1.82) is 0 Å². The van der Waals surface area contributed by atoms with Crippen LogP contribution in [0.4, 0.5) is 0 Å². The Balaban J connectivity index is 1.76. The molecule has 1 aromatic rings. The quantitative estimate of drug-likeness (QED) is 0.727. The summed E-state index contributed by atoms with van der Waals surface area (Å²) >= 11 is 1.04. The summed E-state index contributed by atoms with van der Waals surface area (Å²) in [5.41, 5.74) is 5.14. The molecule has 6 nitrogen and oxygen atoms in total. The second-order valence-corrected chi connectivity index (χ2v) is 8.46. The van der Waals surface area contributed by atoms with Crippen LogP contribution in [-0.4, -0.2) is 45.4 Å².